The molecule has 0 N–H and O–H groups in total. The number of aromatic nitrogens is 1. The quantitative estimate of drug-likeness (QED) is 0.591. The highest BCUT2D eigenvalue weighted by Gasteiger charge is 2.35. The molecule has 1 heterocycles. The minimum atomic E-state index is -4.49. The van der Waals surface area contributed by atoms with Crippen molar-refractivity contribution in [3.05, 3.63) is 52.3 Å². The van der Waals surface area contributed by atoms with Crippen LogP contribution in [0, 0.1) is 5.92 Å². The Morgan fingerprint density at radius 1 is 1.12 bits per heavy atom. The second-order valence-corrected chi connectivity index (χ2v) is 6.50. The van der Waals surface area contributed by atoms with E-state index in [9.17, 15) is 13.2 Å². The summed E-state index contributed by atoms with van der Waals surface area (Å²) in [6.45, 7) is 6.32. The van der Waals surface area contributed by atoms with Gasteiger partial charge in [0.15, 0.2) is 0 Å². The molecule has 1 aromatic heterocycles. The van der Waals surface area contributed by atoms with Gasteiger partial charge in [-0.1, -0.05) is 57.0 Å². The topological polar surface area (TPSA) is 12.9 Å². The maximum atomic E-state index is 13.3. The third-order valence-corrected chi connectivity index (χ3v) is 4.63. The predicted octanol–water partition coefficient (Wildman–Crippen LogP) is 6.57. The van der Waals surface area contributed by atoms with Gasteiger partial charge in [0, 0.05) is 18.0 Å². The molecule has 0 saturated heterocycles. The molecule has 130 valence electrons. The maximum absolute atomic E-state index is 13.3. The molecule has 1 atom stereocenters. The zero-order chi connectivity index (χ0) is 17.9. The van der Waals surface area contributed by atoms with Crippen molar-refractivity contribution in [3.8, 4) is 11.1 Å². The summed E-state index contributed by atoms with van der Waals surface area (Å²) in [7, 11) is 0. The van der Waals surface area contributed by atoms with Crippen LogP contribution >= 0.6 is 11.6 Å². The highest BCUT2D eigenvalue weighted by Crippen LogP contribution is 2.40. The number of rotatable bonds is 5. The average molecular weight is 356 g/mol. The summed E-state index contributed by atoms with van der Waals surface area (Å²) in [5, 5.41) is 0.0153. The van der Waals surface area contributed by atoms with Crippen LogP contribution in [0.2, 0.25) is 5.02 Å². The van der Waals surface area contributed by atoms with E-state index in [1.807, 2.05) is 19.1 Å². The van der Waals surface area contributed by atoms with Gasteiger partial charge in [0.1, 0.15) is 0 Å². The number of aryl methyl sites for hydroxylation is 1. The van der Waals surface area contributed by atoms with E-state index in [4.69, 9.17) is 11.6 Å². The zero-order valence-corrected chi connectivity index (χ0v) is 14.8. The standard InChI is InChI=1S/C19H21ClF3N/c1-4-12(3)8-14-6-7-15(9-13(14)5-2)18-16(19(21,22)23)10-24-11-17(18)20/h6-7,9-12H,4-5,8H2,1-3H3. The van der Waals surface area contributed by atoms with Crippen molar-refractivity contribution < 1.29 is 13.2 Å². The van der Waals surface area contributed by atoms with Crippen LogP contribution in [-0.4, -0.2) is 4.98 Å². The van der Waals surface area contributed by atoms with Gasteiger partial charge >= 0.3 is 6.18 Å². The van der Waals surface area contributed by atoms with Crippen molar-refractivity contribution in [1.82, 2.24) is 4.98 Å². The number of nitrogens with zero attached hydrogens (tertiary/aromatic N) is 1. The molecule has 0 fully saturated rings. The number of benzene rings is 1. The van der Waals surface area contributed by atoms with E-state index in [-0.39, 0.29) is 10.6 Å². The molecular formula is C19H21ClF3N. The van der Waals surface area contributed by atoms with E-state index < -0.39 is 11.7 Å². The molecule has 5 heteroatoms. The van der Waals surface area contributed by atoms with E-state index in [1.54, 1.807) is 6.07 Å². The lowest BCUT2D eigenvalue weighted by Crippen LogP contribution is -2.09. The summed E-state index contributed by atoms with van der Waals surface area (Å²) in [5.74, 6) is 0.538. The minimum absolute atomic E-state index is 0.00366. The van der Waals surface area contributed by atoms with E-state index in [2.05, 4.69) is 18.8 Å². The number of alkyl halides is 3. The molecule has 24 heavy (non-hydrogen) atoms. The summed E-state index contributed by atoms with van der Waals surface area (Å²) in [6.07, 6.45) is 0.360. The molecule has 1 unspecified atom stereocenters. The van der Waals surface area contributed by atoms with Gasteiger partial charge in [0.25, 0.3) is 0 Å². The van der Waals surface area contributed by atoms with Crippen LogP contribution in [0.15, 0.2) is 30.6 Å². The fourth-order valence-corrected chi connectivity index (χ4v) is 3.04. The van der Waals surface area contributed by atoms with Crippen LogP contribution in [0.25, 0.3) is 11.1 Å². The summed E-state index contributed by atoms with van der Waals surface area (Å²) >= 11 is 6.05. The van der Waals surface area contributed by atoms with Crippen LogP contribution in [-0.2, 0) is 19.0 Å². The minimum Gasteiger partial charge on any atom is -0.263 e. The first-order valence-electron chi connectivity index (χ1n) is 8.10. The van der Waals surface area contributed by atoms with Crippen molar-refractivity contribution in [2.45, 2.75) is 46.2 Å². The second kappa shape index (κ2) is 7.56. The molecule has 1 aromatic carbocycles. The monoisotopic (exact) mass is 355 g/mol. The maximum Gasteiger partial charge on any atom is 0.418 e. The SMILES string of the molecule is CCc1cc(-c2c(Cl)cncc2C(F)(F)F)ccc1CC(C)CC. The van der Waals surface area contributed by atoms with E-state index >= 15 is 0 Å². The second-order valence-electron chi connectivity index (χ2n) is 6.10. The summed E-state index contributed by atoms with van der Waals surface area (Å²) in [4.78, 5) is 3.60. The van der Waals surface area contributed by atoms with Gasteiger partial charge in [0.2, 0.25) is 0 Å². The number of hydrogen-bond acceptors (Lipinski definition) is 1. The third kappa shape index (κ3) is 4.10. The molecule has 0 saturated carbocycles. The Kier molecular flexibility index (Phi) is 5.92. The Labute approximate surface area is 145 Å². The molecule has 0 radical (unpaired) electrons. The first kappa shape index (κ1) is 18.8. The first-order valence-corrected chi connectivity index (χ1v) is 8.48. The van der Waals surface area contributed by atoms with E-state index in [0.717, 1.165) is 31.0 Å². The Bertz CT molecular complexity index is 710. The molecule has 1 nitrogen and oxygen atoms in total. The highest BCUT2D eigenvalue weighted by molar-refractivity contribution is 6.33. The molecule has 0 aliphatic carbocycles. The summed E-state index contributed by atoms with van der Waals surface area (Å²) < 4.78 is 39.9. The van der Waals surface area contributed by atoms with E-state index in [0.29, 0.717) is 11.5 Å². The lowest BCUT2D eigenvalue weighted by molar-refractivity contribution is -0.137. The van der Waals surface area contributed by atoms with Crippen LogP contribution < -0.4 is 0 Å². The lowest BCUT2D eigenvalue weighted by Gasteiger charge is -2.17. The molecular weight excluding hydrogens is 335 g/mol. The van der Waals surface area contributed by atoms with Crippen molar-refractivity contribution in [2.24, 2.45) is 5.92 Å². The highest BCUT2D eigenvalue weighted by atomic mass is 35.5. The van der Waals surface area contributed by atoms with Crippen LogP contribution in [0.1, 0.15) is 43.9 Å². The smallest absolute Gasteiger partial charge is 0.263 e. The largest absolute Gasteiger partial charge is 0.418 e. The Morgan fingerprint density at radius 3 is 2.42 bits per heavy atom. The first-order chi connectivity index (χ1) is 11.3. The van der Waals surface area contributed by atoms with Gasteiger partial charge in [-0.05, 0) is 35.4 Å². The van der Waals surface area contributed by atoms with Gasteiger partial charge in [-0.25, -0.2) is 0 Å². The number of halogens is 4. The molecule has 0 spiro atoms. The van der Waals surface area contributed by atoms with Gasteiger partial charge in [-0.3, -0.25) is 4.98 Å². The van der Waals surface area contributed by atoms with Crippen molar-refractivity contribution in [2.75, 3.05) is 0 Å². The fourth-order valence-electron chi connectivity index (χ4n) is 2.77. The molecule has 0 amide bonds. The van der Waals surface area contributed by atoms with Crippen LogP contribution in [0.5, 0.6) is 0 Å². The fraction of sp³-hybridized carbons (Fsp3) is 0.421. The lowest BCUT2D eigenvalue weighted by atomic mass is 9.90. The average Bonchev–Trinajstić information content (AvgIpc) is 2.54. The van der Waals surface area contributed by atoms with Crippen molar-refractivity contribution in [3.63, 3.8) is 0 Å². The van der Waals surface area contributed by atoms with Crippen LogP contribution in [0.3, 0.4) is 0 Å². The Balaban J connectivity index is 2.55. The summed E-state index contributed by atoms with van der Waals surface area (Å²) in [6, 6.07) is 5.48. The Hall–Kier alpha value is -1.55. The zero-order valence-electron chi connectivity index (χ0n) is 14.0. The number of pyridine rings is 1. The third-order valence-electron chi connectivity index (χ3n) is 4.35. The van der Waals surface area contributed by atoms with Gasteiger partial charge < -0.3 is 0 Å². The normalized spacial score (nSPS) is 13.1. The van der Waals surface area contributed by atoms with Gasteiger partial charge in [-0.15, -0.1) is 0 Å². The molecule has 0 bridgehead atoms. The van der Waals surface area contributed by atoms with Crippen molar-refractivity contribution in [1.29, 1.82) is 0 Å². The van der Waals surface area contributed by atoms with Gasteiger partial charge in [-0.2, -0.15) is 13.2 Å². The number of hydrogen-bond donors (Lipinski definition) is 0. The van der Waals surface area contributed by atoms with Crippen molar-refractivity contribution >= 4 is 11.6 Å². The molecule has 2 aromatic rings. The summed E-state index contributed by atoms with van der Waals surface area (Å²) in [5.41, 5.74) is 1.94. The predicted molar refractivity (Wildman–Crippen MR) is 92.2 cm³/mol. The van der Waals surface area contributed by atoms with Gasteiger partial charge in [0.05, 0.1) is 10.6 Å². The Morgan fingerprint density at radius 2 is 1.83 bits per heavy atom. The van der Waals surface area contributed by atoms with E-state index in [1.165, 1.54) is 11.8 Å². The molecule has 0 aliphatic heterocycles. The molecule has 0 aliphatic rings. The molecule has 2 rings (SSSR count). The van der Waals surface area contributed by atoms with Crippen LogP contribution in [0.4, 0.5) is 13.2 Å².